The molecule has 8 heteroatoms. The summed E-state index contributed by atoms with van der Waals surface area (Å²) in [6, 6.07) is 15.4. The maximum absolute atomic E-state index is 12.4. The van der Waals surface area contributed by atoms with Crippen molar-refractivity contribution < 1.29 is 13.2 Å². The average Bonchev–Trinajstić information content (AvgIpc) is 3.12. The zero-order valence-electron chi connectivity index (χ0n) is 13.9. The van der Waals surface area contributed by atoms with E-state index in [1.54, 1.807) is 17.5 Å². The molecule has 0 bridgehead atoms. The summed E-state index contributed by atoms with van der Waals surface area (Å²) in [5.41, 5.74) is 2.08. The van der Waals surface area contributed by atoms with E-state index in [1.165, 1.54) is 23.5 Å². The molecule has 0 aliphatic carbocycles. The molecule has 1 atom stereocenters. The minimum atomic E-state index is -3.73. The number of carbonyl (C=O) groups is 1. The summed E-state index contributed by atoms with van der Waals surface area (Å²) in [7, 11) is -3.73. The van der Waals surface area contributed by atoms with Crippen molar-refractivity contribution in [1.29, 1.82) is 0 Å². The number of nitrogens with one attached hydrogen (secondary N) is 1. The van der Waals surface area contributed by atoms with Gasteiger partial charge in [0.1, 0.15) is 10.7 Å². The normalized spacial score (nSPS) is 12.5. The van der Waals surface area contributed by atoms with Crippen molar-refractivity contribution in [3.63, 3.8) is 0 Å². The lowest BCUT2D eigenvalue weighted by Gasteiger charge is -2.13. The van der Waals surface area contributed by atoms with E-state index in [9.17, 15) is 13.2 Å². The van der Waals surface area contributed by atoms with Crippen LogP contribution in [0.25, 0.3) is 10.6 Å². The summed E-state index contributed by atoms with van der Waals surface area (Å²) >= 11 is 1.41. The van der Waals surface area contributed by atoms with Gasteiger partial charge >= 0.3 is 0 Å². The van der Waals surface area contributed by atoms with Crippen LogP contribution in [-0.4, -0.2) is 19.3 Å². The minimum Gasteiger partial charge on any atom is -0.344 e. The molecule has 6 nitrogen and oxygen atoms in total. The molecular weight excluding hydrogens is 370 g/mol. The fourth-order valence-electron chi connectivity index (χ4n) is 2.39. The fraction of sp³-hybridized carbons (Fsp3) is 0.111. The number of rotatable bonds is 5. The Morgan fingerprint density at radius 2 is 1.77 bits per heavy atom. The largest absolute Gasteiger partial charge is 0.344 e. The number of nitrogens with zero attached hydrogens (tertiary/aromatic N) is 1. The molecule has 3 aromatic rings. The molecule has 0 spiro atoms. The lowest BCUT2D eigenvalue weighted by Crippen LogP contribution is -2.27. The Morgan fingerprint density at radius 1 is 1.12 bits per heavy atom. The SMILES string of the molecule is CC(NC(=O)c1csc(-c2ccccc2)n1)c1ccc(S(N)(=O)=O)cc1. The Hall–Kier alpha value is -2.55. The van der Waals surface area contributed by atoms with Crippen LogP contribution in [-0.2, 0) is 10.0 Å². The second-order valence-corrected chi connectivity index (χ2v) is 8.13. The van der Waals surface area contributed by atoms with Crippen molar-refractivity contribution in [2.75, 3.05) is 0 Å². The summed E-state index contributed by atoms with van der Waals surface area (Å²) in [4.78, 5) is 16.8. The van der Waals surface area contributed by atoms with E-state index in [0.717, 1.165) is 16.1 Å². The van der Waals surface area contributed by atoms with Gasteiger partial charge in [0.05, 0.1) is 10.9 Å². The first-order chi connectivity index (χ1) is 12.3. The van der Waals surface area contributed by atoms with Crippen molar-refractivity contribution >= 4 is 27.3 Å². The van der Waals surface area contributed by atoms with E-state index < -0.39 is 10.0 Å². The van der Waals surface area contributed by atoms with E-state index in [1.807, 2.05) is 37.3 Å². The van der Waals surface area contributed by atoms with Crippen LogP contribution in [0.4, 0.5) is 0 Å². The van der Waals surface area contributed by atoms with Crippen LogP contribution >= 0.6 is 11.3 Å². The molecule has 0 aliphatic heterocycles. The Kier molecular flexibility index (Phi) is 5.17. The second kappa shape index (κ2) is 7.36. The Labute approximate surface area is 155 Å². The second-order valence-electron chi connectivity index (χ2n) is 5.71. The Morgan fingerprint density at radius 3 is 2.38 bits per heavy atom. The monoisotopic (exact) mass is 387 g/mol. The van der Waals surface area contributed by atoms with Gasteiger partial charge in [0.15, 0.2) is 0 Å². The van der Waals surface area contributed by atoms with Crippen LogP contribution in [0.5, 0.6) is 0 Å². The molecule has 1 unspecified atom stereocenters. The lowest BCUT2D eigenvalue weighted by atomic mass is 10.1. The summed E-state index contributed by atoms with van der Waals surface area (Å²) in [5, 5.41) is 10.4. The highest BCUT2D eigenvalue weighted by Gasteiger charge is 2.16. The van der Waals surface area contributed by atoms with Gasteiger partial charge in [-0.1, -0.05) is 42.5 Å². The van der Waals surface area contributed by atoms with Gasteiger partial charge < -0.3 is 5.32 Å². The third kappa shape index (κ3) is 4.16. The minimum absolute atomic E-state index is 0.0341. The summed E-state index contributed by atoms with van der Waals surface area (Å²) < 4.78 is 22.6. The predicted molar refractivity (Wildman–Crippen MR) is 101 cm³/mol. The maximum atomic E-state index is 12.4. The molecule has 1 aromatic heterocycles. The maximum Gasteiger partial charge on any atom is 0.271 e. The molecule has 1 amide bonds. The molecule has 0 saturated carbocycles. The van der Waals surface area contributed by atoms with Crippen molar-refractivity contribution in [2.45, 2.75) is 17.9 Å². The highest BCUT2D eigenvalue weighted by Crippen LogP contribution is 2.23. The quantitative estimate of drug-likeness (QED) is 0.702. The van der Waals surface area contributed by atoms with Crippen molar-refractivity contribution in [3.8, 4) is 10.6 Å². The molecule has 0 fully saturated rings. The third-order valence-electron chi connectivity index (χ3n) is 3.81. The summed E-state index contributed by atoms with van der Waals surface area (Å²) in [5.74, 6) is -0.286. The zero-order valence-corrected chi connectivity index (χ0v) is 15.5. The molecule has 0 radical (unpaired) electrons. The van der Waals surface area contributed by atoms with Gasteiger partial charge in [-0.15, -0.1) is 11.3 Å². The van der Waals surface area contributed by atoms with Crippen LogP contribution in [0.3, 0.4) is 0 Å². The molecule has 3 N–H and O–H groups in total. The first-order valence-corrected chi connectivity index (χ1v) is 10.2. The number of carbonyl (C=O) groups excluding carboxylic acids is 1. The van der Waals surface area contributed by atoms with Gasteiger partial charge in [-0.25, -0.2) is 18.5 Å². The topological polar surface area (TPSA) is 102 Å². The van der Waals surface area contributed by atoms with E-state index in [-0.39, 0.29) is 16.8 Å². The van der Waals surface area contributed by atoms with Gasteiger partial charge in [0.2, 0.25) is 10.0 Å². The number of amides is 1. The number of hydrogen-bond donors (Lipinski definition) is 2. The smallest absolute Gasteiger partial charge is 0.271 e. The molecule has 3 rings (SSSR count). The number of benzene rings is 2. The van der Waals surface area contributed by atoms with Crippen molar-refractivity contribution in [3.05, 3.63) is 71.2 Å². The number of thiazole rings is 1. The number of primary sulfonamides is 1. The molecule has 2 aromatic carbocycles. The Balaban J connectivity index is 1.71. The first-order valence-electron chi connectivity index (χ1n) is 7.79. The number of hydrogen-bond acceptors (Lipinski definition) is 5. The molecule has 26 heavy (non-hydrogen) atoms. The number of aromatic nitrogens is 1. The predicted octanol–water partition coefficient (Wildman–Crippen LogP) is 2.95. The number of sulfonamides is 1. The number of nitrogens with two attached hydrogens (primary N) is 1. The van der Waals surface area contributed by atoms with Gasteiger partial charge in [0, 0.05) is 10.9 Å². The van der Waals surface area contributed by atoms with Crippen LogP contribution in [0.15, 0.2) is 64.9 Å². The highest BCUT2D eigenvalue weighted by molar-refractivity contribution is 7.89. The molecule has 0 aliphatic rings. The lowest BCUT2D eigenvalue weighted by molar-refractivity contribution is 0.0935. The molecule has 1 heterocycles. The van der Waals surface area contributed by atoms with Crippen molar-refractivity contribution in [1.82, 2.24) is 10.3 Å². The highest BCUT2D eigenvalue weighted by atomic mass is 32.2. The molecule has 134 valence electrons. The standard InChI is InChI=1S/C18H17N3O3S2/c1-12(13-7-9-15(10-8-13)26(19,23)24)20-17(22)16-11-25-18(21-16)14-5-3-2-4-6-14/h2-12H,1H3,(H,20,22)(H2,19,23,24). The van der Waals surface area contributed by atoms with Gasteiger partial charge in [-0.2, -0.15) is 0 Å². The van der Waals surface area contributed by atoms with Crippen LogP contribution in [0, 0.1) is 0 Å². The van der Waals surface area contributed by atoms with Gasteiger partial charge in [0.25, 0.3) is 5.91 Å². The van der Waals surface area contributed by atoms with Crippen LogP contribution in [0.2, 0.25) is 0 Å². The van der Waals surface area contributed by atoms with Gasteiger partial charge in [-0.3, -0.25) is 4.79 Å². The van der Waals surface area contributed by atoms with Gasteiger partial charge in [-0.05, 0) is 24.6 Å². The fourth-order valence-corrected chi connectivity index (χ4v) is 3.71. The Bertz CT molecular complexity index is 1010. The van der Waals surface area contributed by atoms with Crippen LogP contribution < -0.4 is 10.5 Å². The molecular formula is C18H17N3O3S2. The van der Waals surface area contributed by atoms with E-state index in [2.05, 4.69) is 10.3 Å². The third-order valence-corrected chi connectivity index (χ3v) is 5.63. The summed E-state index contributed by atoms with van der Waals surface area (Å²) in [6.45, 7) is 1.81. The van der Waals surface area contributed by atoms with Crippen molar-refractivity contribution in [2.24, 2.45) is 5.14 Å². The van der Waals surface area contributed by atoms with E-state index in [0.29, 0.717) is 5.69 Å². The summed E-state index contributed by atoms with van der Waals surface area (Å²) in [6.07, 6.45) is 0. The van der Waals surface area contributed by atoms with E-state index in [4.69, 9.17) is 5.14 Å². The first kappa shape index (κ1) is 18.2. The van der Waals surface area contributed by atoms with E-state index >= 15 is 0 Å². The van der Waals surface area contributed by atoms with Crippen LogP contribution in [0.1, 0.15) is 29.0 Å². The molecule has 0 saturated heterocycles. The average molecular weight is 387 g/mol. The zero-order chi connectivity index (χ0) is 18.7.